The van der Waals surface area contributed by atoms with Crippen molar-refractivity contribution in [3.05, 3.63) is 22.8 Å². The summed E-state index contributed by atoms with van der Waals surface area (Å²) in [6, 6.07) is 3.44. The second-order valence-electron chi connectivity index (χ2n) is 5.30. The monoisotopic (exact) mass is 269 g/mol. The summed E-state index contributed by atoms with van der Waals surface area (Å²) in [5, 5.41) is 6.25. The molecule has 0 bridgehead atoms. The number of aromatic nitrogens is 1. The topological polar surface area (TPSA) is 54.0 Å². The molecule has 0 saturated heterocycles. The minimum absolute atomic E-state index is 0.0292. The molecule has 0 atom stereocenters. The molecule has 18 heavy (non-hydrogen) atoms. The van der Waals surface area contributed by atoms with E-state index in [1.807, 2.05) is 6.92 Å². The second kappa shape index (κ2) is 6.05. The number of carbonyl (C=O) groups excluding carboxylic acids is 1. The number of pyridine rings is 1. The van der Waals surface area contributed by atoms with Crippen LogP contribution >= 0.6 is 11.6 Å². The highest BCUT2D eigenvalue weighted by molar-refractivity contribution is 6.33. The number of rotatable bonds is 4. The second-order valence-corrected chi connectivity index (χ2v) is 5.71. The third-order valence-corrected chi connectivity index (χ3v) is 2.50. The summed E-state index contributed by atoms with van der Waals surface area (Å²) < 4.78 is 0. The Bertz CT molecular complexity index is 427. The largest absolute Gasteiger partial charge is 0.370 e. The highest BCUT2D eigenvalue weighted by Gasteiger charge is 2.16. The van der Waals surface area contributed by atoms with Gasteiger partial charge in [-0.05, 0) is 24.5 Å². The van der Waals surface area contributed by atoms with Crippen molar-refractivity contribution in [3.8, 4) is 0 Å². The molecule has 0 saturated carbocycles. The van der Waals surface area contributed by atoms with Crippen molar-refractivity contribution >= 4 is 23.3 Å². The lowest BCUT2D eigenvalue weighted by atomic mass is 9.97. The lowest BCUT2D eigenvalue weighted by molar-refractivity contribution is 0.0934. The van der Waals surface area contributed by atoms with E-state index < -0.39 is 0 Å². The smallest absolute Gasteiger partial charge is 0.271 e. The predicted octanol–water partition coefficient (Wildman–Crippen LogP) is 2.94. The standard InChI is InChI=1S/C13H20ClN3O/c1-5-15-10-7-6-9(14)11(17-10)12(18)16-8-13(2,3)4/h6-7H,5,8H2,1-4H3,(H,15,17)(H,16,18). The number of hydrogen-bond donors (Lipinski definition) is 2. The number of amides is 1. The first-order valence-electron chi connectivity index (χ1n) is 6.02. The first-order valence-corrected chi connectivity index (χ1v) is 6.40. The van der Waals surface area contributed by atoms with Gasteiger partial charge < -0.3 is 10.6 Å². The van der Waals surface area contributed by atoms with E-state index in [1.165, 1.54) is 0 Å². The molecule has 0 radical (unpaired) electrons. The van der Waals surface area contributed by atoms with Crippen molar-refractivity contribution in [3.63, 3.8) is 0 Å². The maximum absolute atomic E-state index is 12.0. The molecule has 0 aliphatic rings. The molecule has 1 rings (SSSR count). The van der Waals surface area contributed by atoms with Crippen LogP contribution in [0.25, 0.3) is 0 Å². The molecule has 0 fully saturated rings. The van der Waals surface area contributed by atoms with E-state index in [0.717, 1.165) is 6.54 Å². The van der Waals surface area contributed by atoms with Gasteiger partial charge in [0.15, 0.2) is 0 Å². The maximum Gasteiger partial charge on any atom is 0.271 e. The van der Waals surface area contributed by atoms with Gasteiger partial charge in [-0.15, -0.1) is 0 Å². The highest BCUT2D eigenvalue weighted by Crippen LogP contribution is 2.17. The van der Waals surface area contributed by atoms with E-state index in [4.69, 9.17) is 11.6 Å². The van der Waals surface area contributed by atoms with Gasteiger partial charge in [-0.1, -0.05) is 32.4 Å². The fourth-order valence-electron chi connectivity index (χ4n) is 1.31. The average Bonchev–Trinajstić information content (AvgIpc) is 2.28. The zero-order valence-corrected chi connectivity index (χ0v) is 12.1. The molecule has 1 aromatic rings. The van der Waals surface area contributed by atoms with Crippen LogP contribution in [0.3, 0.4) is 0 Å². The van der Waals surface area contributed by atoms with Crippen LogP contribution in [0.1, 0.15) is 38.2 Å². The molecule has 1 aromatic heterocycles. The summed E-state index contributed by atoms with van der Waals surface area (Å²) in [6.07, 6.45) is 0. The molecule has 1 amide bonds. The molecule has 2 N–H and O–H groups in total. The highest BCUT2D eigenvalue weighted by atomic mass is 35.5. The molecular formula is C13H20ClN3O. The molecule has 1 heterocycles. The van der Waals surface area contributed by atoms with Crippen LogP contribution in [0.4, 0.5) is 5.82 Å². The minimum atomic E-state index is -0.241. The molecule has 100 valence electrons. The van der Waals surface area contributed by atoms with Crippen LogP contribution in [0.5, 0.6) is 0 Å². The zero-order chi connectivity index (χ0) is 13.8. The van der Waals surface area contributed by atoms with Gasteiger partial charge in [0.1, 0.15) is 11.5 Å². The number of halogens is 1. The Hall–Kier alpha value is -1.29. The van der Waals surface area contributed by atoms with E-state index in [-0.39, 0.29) is 17.0 Å². The number of nitrogens with one attached hydrogen (secondary N) is 2. The number of anilines is 1. The van der Waals surface area contributed by atoms with Crippen LogP contribution < -0.4 is 10.6 Å². The van der Waals surface area contributed by atoms with Gasteiger partial charge in [0.25, 0.3) is 5.91 Å². The van der Waals surface area contributed by atoms with E-state index in [9.17, 15) is 4.79 Å². The van der Waals surface area contributed by atoms with Crippen LogP contribution in [0.2, 0.25) is 5.02 Å². The molecule has 0 unspecified atom stereocenters. The summed E-state index contributed by atoms with van der Waals surface area (Å²) in [4.78, 5) is 16.2. The number of hydrogen-bond acceptors (Lipinski definition) is 3. The van der Waals surface area contributed by atoms with Gasteiger partial charge in [-0.25, -0.2) is 4.98 Å². The molecule has 0 aromatic carbocycles. The third kappa shape index (κ3) is 4.53. The van der Waals surface area contributed by atoms with Crippen molar-refractivity contribution in [2.75, 3.05) is 18.4 Å². The Morgan fingerprint density at radius 1 is 1.39 bits per heavy atom. The van der Waals surface area contributed by atoms with Crippen molar-refractivity contribution in [2.24, 2.45) is 5.41 Å². The van der Waals surface area contributed by atoms with Crippen molar-refractivity contribution < 1.29 is 4.79 Å². The first-order chi connectivity index (χ1) is 8.33. The van der Waals surface area contributed by atoms with Crippen LogP contribution in [-0.2, 0) is 0 Å². The fourth-order valence-corrected chi connectivity index (χ4v) is 1.50. The maximum atomic E-state index is 12.0. The Morgan fingerprint density at radius 3 is 2.61 bits per heavy atom. The molecule has 0 aliphatic carbocycles. The molecule has 0 spiro atoms. The summed E-state index contributed by atoms with van der Waals surface area (Å²) in [5.74, 6) is 0.414. The van der Waals surface area contributed by atoms with Gasteiger partial charge in [0, 0.05) is 13.1 Å². The summed E-state index contributed by atoms with van der Waals surface area (Å²) in [7, 11) is 0. The fraction of sp³-hybridized carbons (Fsp3) is 0.538. The average molecular weight is 270 g/mol. The summed E-state index contributed by atoms with van der Waals surface area (Å²) >= 11 is 5.99. The normalized spacial score (nSPS) is 11.2. The van der Waals surface area contributed by atoms with Crippen LogP contribution in [0.15, 0.2) is 12.1 Å². The molecule has 0 aliphatic heterocycles. The van der Waals surface area contributed by atoms with Gasteiger partial charge in [-0.2, -0.15) is 0 Å². The number of nitrogens with zero attached hydrogens (tertiary/aromatic N) is 1. The van der Waals surface area contributed by atoms with E-state index >= 15 is 0 Å². The zero-order valence-electron chi connectivity index (χ0n) is 11.3. The quantitative estimate of drug-likeness (QED) is 0.884. The third-order valence-electron chi connectivity index (χ3n) is 2.20. The van der Waals surface area contributed by atoms with E-state index in [2.05, 4.69) is 36.4 Å². The van der Waals surface area contributed by atoms with Crippen molar-refractivity contribution in [1.29, 1.82) is 0 Å². The van der Waals surface area contributed by atoms with Gasteiger partial charge in [0.05, 0.1) is 5.02 Å². The number of carbonyl (C=O) groups is 1. The summed E-state index contributed by atoms with van der Waals surface area (Å²) in [6.45, 7) is 9.45. The van der Waals surface area contributed by atoms with Gasteiger partial charge >= 0.3 is 0 Å². The van der Waals surface area contributed by atoms with Gasteiger partial charge in [0.2, 0.25) is 0 Å². The van der Waals surface area contributed by atoms with Crippen molar-refractivity contribution in [2.45, 2.75) is 27.7 Å². The molecule has 4 nitrogen and oxygen atoms in total. The SMILES string of the molecule is CCNc1ccc(Cl)c(C(=O)NCC(C)(C)C)n1. The lowest BCUT2D eigenvalue weighted by Crippen LogP contribution is -2.33. The van der Waals surface area contributed by atoms with Gasteiger partial charge in [-0.3, -0.25) is 4.79 Å². The first kappa shape index (κ1) is 14.8. The lowest BCUT2D eigenvalue weighted by Gasteiger charge is -2.18. The molecule has 5 heteroatoms. The predicted molar refractivity (Wildman–Crippen MR) is 75.2 cm³/mol. The Morgan fingerprint density at radius 2 is 2.06 bits per heavy atom. The van der Waals surface area contributed by atoms with Crippen LogP contribution in [0, 0.1) is 5.41 Å². The Balaban J connectivity index is 2.81. The molecular weight excluding hydrogens is 250 g/mol. The Labute approximate surface area is 113 Å². The minimum Gasteiger partial charge on any atom is -0.370 e. The Kier molecular flexibility index (Phi) is 4.96. The van der Waals surface area contributed by atoms with Crippen LogP contribution in [-0.4, -0.2) is 24.0 Å². The van der Waals surface area contributed by atoms with E-state index in [0.29, 0.717) is 17.4 Å². The van der Waals surface area contributed by atoms with E-state index in [1.54, 1.807) is 12.1 Å². The van der Waals surface area contributed by atoms with Crippen molar-refractivity contribution in [1.82, 2.24) is 10.3 Å². The summed E-state index contributed by atoms with van der Waals surface area (Å²) in [5.41, 5.74) is 0.292.